The van der Waals surface area contributed by atoms with E-state index in [1.807, 2.05) is 31.2 Å². The van der Waals surface area contributed by atoms with Crippen LogP contribution in [0.4, 0.5) is 0 Å². The molecule has 6 aromatic rings. The number of benzene rings is 4. The number of aromatic nitrogens is 3. The monoisotopic (exact) mass is 604 g/mol. The SMILES string of the molecule is CCc1nc2ccc(Br)cc2c(=O)n1N=Cc1cc(C)n(-c2ccc(OCc3cccc4ccccc34)cc2)c1C. The Balaban J connectivity index is 1.25. The standard InChI is InChI=1S/C34H29BrN4O2/c1-4-33-37-32-17-12-27(35)19-31(32)34(40)39(33)36-20-26-18-22(2)38(23(26)3)28-13-15-29(16-14-28)41-21-25-10-7-9-24-8-5-6-11-30(24)25/h5-20H,4,21H2,1-3H3. The second-order valence-corrected chi connectivity index (χ2v) is 10.9. The molecule has 7 heteroatoms. The summed E-state index contributed by atoms with van der Waals surface area (Å²) in [6, 6.07) is 30.4. The van der Waals surface area contributed by atoms with Crippen LogP contribution >= 0.6 is 15.9 Å². The van der Waals surface area contributed by atoms with Crippen molar-refractivity contribution < 1.29 is 4.74 Å². The van der Waals surface area contributed by atoms with Crippen LogP contribution in [-0.2, 0) is 13.0 Å². The number of hydrogen-bond acceptors (Lipinski definition) is 4. The Labute approximate surface area is 246 Å². The Kier molecular flexibility index (Phi) is 7.28. The molecule has 0 radical (unpaired) electrons. The summed E-state index contributed by atoms with van der Waals surface area (Å²) in [5.41, 5.74) is 5.70. The molecule has 2 heterocycles. The molecule has 41 heavy (non-hydrogen) atoms. The molecule has 0 fully saturated rings. The molecule has 0 bridgehead atoms. The molecule has 0 saturated heterocycles. The van der Waals surface area contributed by atoms with E-state index in [1.165, 1.54) is 15.4 Å². The van der Waals surface area contributed by atoms with Crippen molar-refractivity contribution in [3.05, 3.63) is 134 Å². The molecular formula is C34H29BrN4O2. The minimum atomic E-state index is -0.183. The number of hydrogen-bond donors (Lipinski definition) is 0. The average molecular weight is 606 g/mol. The van der Waals surface area contributed by atoms with Gasteiger partial charge in [-0.15, -0.1) is 0 Å². The van der Waals surface area contributed by atoms with Crippen molar-refractivity contribution in [1.29, 1.82) is 0 Å². The van der Waals surface area contributed by atoms with Crippen LogP contribution in [0.3, 0.4) is 0 Å². The zero-order valence-corrected chi connectivity index (χ0v) is 24.7. The first kappa shape index (κ1) is 26.7. The first-order valence-electron chi connectivity index (χ1n) is 13.6. The Morgan fingerprint density at radius 1 is 0.927 bits per heavy atom. The van der Waals surface area contributed by atoms with E-state index in [4.69, 9.17) is 4.74 Å². The number of nitrogens with zero attached hydrogens (tertiary/aromatic N) is 4. The molecule has 6 rings (SSSR count). The predicted molar refractivity (Wildman–Crippen MR) is 170 cm³/mol. The number of halogens is 1. The molecule has 204 valence electrons. The van der Waals surface area contributed by atoms with Crippen LogP contribution in [0.5, 0.6) is 5.75 Å². The normalized spacial score (nSPS) is 11.6. The number of rotatable bonds is 7. The third-order valence-electron chi connectivity index (χ3n) is 7.34. The summed E-state index contributed by atoms with van der Waals surface area (Å²) in [4.78, 5) is 17.9. The van der Waals surface area contributed by atoms with Gasteiger partial charge in [-0.25, -0.2) is 4.98 Å². The molecule has 0 unspecified atom stereocenters. The maximum absolute atomic E-state index is 13.3. The second-order valence-electron chi connectivity index (χ2n) is 9.99. The van der Waals surface area contributed by atoms with Gasteiger partial charge in [0.2, 0.25) is 0 Å². The van der Waals surface area contributed by atoms with Crippen LogP contribution in [0.15, 0.2) is 105 Å². The van der Waals surface area contributed by atoms with Crippen molar-refractivity contribution >= 4 is 43.8 Å². The molecule has 0 atom stereocenters. The third-order valence-corrected chi connectivity index (χ3v) is 7.84. The lowest BCUT2D eigenvalue weighted by molar-refractivity contribution is 0.307. The minimum Gasteiger partial charge on any atom is -0.489 e. The Hall–Kier alpha value is -4.49. The molecule has 0 N–H and O–H groups in total. The van der Waals surface area contributed by atoms with Crippen molar-refractivity contribution in [3.63, 3.8) is 0 Å². The first-order valence-corrected chi connectivity index (χ1v) is 14.4. The van der Waals surface area contributed by atoms with Crippen LogP contribution in [-0.4, -0.2) is 20.4 Å². The van der Waals surface area contributed by atoms with Crippen molar-refractivity contribution in [2.24, 2.45) is 5.10 Å². The highest BCUT2D eigenvalue weighted by Crippen LogP contribution is 2.24. The lowest BCUT2D eigenvalue weighted by Gasteiger charge is -2.12. The Morgan fingerprint density at radius 2 is 1.71 bits per heavy atom. The zero-order chi connectivity index (χ0) is 28.5. The highest BCUT2D eigenvalue weighted by atomic mass is 79.9. The van der Waals surface area contributed by atoms with E-state index >= 15 is 0 Å². The lowest BCUT2D eigenvalue weighted by Crippen LogP contribution is -2.22. The quantitative estimate of drug-likeness (QED) is 0.175. The molecule has 0 aliphatic carbocycles. The van der Waals surface area contributed by atoms with Gasteiger partial charge >= 0.3 is 0 Å². The summed E-state index contributed by atoms with van der Waals surface area (Å²) < 4.78 is 10.6. The summed E-state index contributed by atoms with van der Waals surface area (Å²) >= 11 is 3.45. The molecule has 0 aliphatic heterocycles. The van der Waals surface area contributed by atoms with Gasteiger partial charge in [-0.05, 0) is 78.7 Å². The average Bonchev–Trinajstić information content (AvgIpc) is 3.28. The summed E-state index contributed by atoms with van der Waals surface area (Å²) in [5.74, 6) is 1.43. The lowest BCUT2D eigenvalue weighted by atomic mass is 10.1. The fraction of sp³-hybridized carbons (Fsp3) is 0.147. The summed E-state index contributed by atoms with van der Waals surface area (Å²) in [5, 5.41) is 7.54. The number of ether oxygens (including phenoxy) is 1. The van der Waals surface area contributed by atoms with Gasteiger partial charge in [-0.1, -0.05) is 65.3 Å². The van der Waals surface area contributed by atoms with E-state index in [1.54, 1.807) is 12.3 Å². The van der Waals surface area contributed by atoms with E-state index < -0.39 is 0 Å². The maximum atomic E-state index is 13.3. The van der Waals surface area contributed by atoms with Crippen LogP contribution in [0, 0.1) is 13.8 Å². The highest BCUT2D eigenvalue weighted by Gasteiger charge is 2.13. The van der Waals surface area contributed by atoms with Gasteiger partial charge in [0.15, 0.2) is 0 Å². The smallest absolute Gasteiger partial charge is 0.282 e. The fourth-order valence-corrected chi connectivity index (χ4v) is 5.61. The van der Waals surface area contributed by atoms with Crippen molar-refractivity contribution in [2.45, 2.75) is 33.8 Å². The van der Waals surface area contributed by atoms with E-state index in [0.29, 0.717) is 29.8 Å². The van der Waals surface area contributed by atoms with Crippen molar-refractivity contribution in [2.75, 3.05) is 0 Å². The molecule has 2 aromatic heterocycles. The topological polar surface area (TPSA) is 61.4 Å². The van der Waals surface area contributed by atoms with Crippen LogP contribution in [0.1, 0.15) is 35.3 Å². The van der Waals surface area contributed by atoms with E-state index in [2.05, 4.69) is 105 Å². The maximum Gasteiger partial charge on any atom is 0.282 e. The molecule has 0 saturated carbocycles. The molecule has 0 amide bonds. The third kappa shape index (κ3) is 5.21. The van der Waals surface area contributed by atoms with Gasteiger partial charge in [0, 0.05) is 33.5 Å². The van der Waals surface area contributed by atoms with Gasteiger partial charge in [0.05, 0.1) is 17.1 Å². The van der Waals surface area contributed by atoms with Gasteiger partial charge in [-0.2, -0.15) is 9.78 Å². The summed E-state index contributed by atoms with van der Waals surface area (Å²) in [7, 11) is 0. The van der Waals surface area contributed by atoms with E-state index in [0.717, 1.165) is 38.4 Å². The minimum absolute atomic E-state index is 0.183. The van der Waals surface area contributed by atoms with Gasteiger partial charge < -0.3 is 9.30 Å². The second kappa shape index (κ2) is 11.2. The largest absolute Gasteiger partial charge is 0.489 e. The summed E-state index contributed by atoms with van der Waals surface area (Å²) in [6.07, 6.45) is 2.33. The molecular weight excluding hydrogens is 576 g/mol. The van der Waals surface area contributed by atoms with Gasteiger partial charge in [-0.3, -0.25) is 4.79 Å². The van der Waals surface area contributed by atoms with Gasteiger partial charge in [0.1, 0.15) is 18.2 Å². The number of aryl methyl sites for hydroxylation is 2. The zero-order valence-electron chi connectivity index (χ0n) is 23.1. The van der Waals surface area contributed by atoms with Gasteiger partial charge in [0.25, 0.3) is 5.56 Å². The predicted octanol–water partition coefficient (Wildman–Crippen LogP) is 7.74. The Morgan fingerprint density at radius 3 is 2.51 bits per heavy atom. The Bertz CT molecular complexity index is 1980. The molecule has 6 nitrogen and oxygen atoms in total. The van der Waals surface area contributed by atoms with Crippen LogP contribution in [0.25, 0.3) is 27.4 Å². The highest BCUT2D eigenvalue weighted by molar-refractivity contribution is 9.10. The molecule has 0 spiro atoms. The van der Waals surface area contributed by atoms with E-state index in [9.17, 15) is 4.79 Å². The van der Waals surface area contributed by atoms with Crippen molar-refractivity contribution in [1.82, 2.24) is 14.2 Å². The fourth-order valence-electron chi connectivity index (χ4n) is 5.25. The van der Waals surface area contributed by atoms with E-state index in [-0.39, 0.29) is 5.56 Å². The number of fused-ring (bicyclic) bond motifs is 2. The van der Waals surface area contributed by atoms with Crippen LogP contribution < -0.4 is 10.3 Å². The molecule has 4 aromatic carbocycles. The first-order chi connectivity index (χ1) is 19.9. The molecule has 0 aliphatic rings. The summed E-state index contributed by atoms with van der Waals surface area (Å²) in [6.45, 7) is 6.59. The van der Waals surface area contributed by atoms with Crippen molar-refractivity contribution in [3.8, 4) is 11.4 Å². The van der Waals surface area contributed by atoms with Crippen LogP contribution in [0.2, 0.25) is 0 Å².